The number of para-hydroxylation sites is 2. The summed E-state index contributed by atoms with van der Waals surface area (Å²) >= 11 is 1.57. The van der Waals surface area contributed by atoms with E-state index in [1.165, 1.54) is 0 Å². The Morgan fingerprint density at radius 2 is 2.04 bits per heavy atom. The summed E-state index contributed by atoms with van der Waals surface area (Å²) in [5, 5.41) is 8.14. The average Bonchev–Trinajstić information content (AvgIpc) is 3.14. The molecule has 3 rings (SSSR count). The quantitative estimate of drug-likeness (QED) is 0.886. The Hall–Kier alpha value is -2.34. The number of carbonyl (C=O) groups excluding carboxylic acids is 2. The predicted octanol–water partition coefficient (Wildman–Crippen LogP) is 2.57. The topological polar surface area (TPSA) is 61.4 Å². The molecule has 120 valence electrons. The molecule has 0 spiro atoms. The van der Waals surface area contributed by atoms with Crippen molar-refractivity contribution in [3.8, 4) is 0 Å². The van der Waals surface area contributed by atoms with Crippen molar-refractivity contribution in [2.45, 2.75) is 18.9 Å². The molecule has 1 aliphatic heterocycles. The Balaban J connectivity index is 1.68. The molecule has 6 heteroatoms. The lowest BCUT2D eigenvalue weighted by molar-refractivity contribution is -0.127. The Bertz CT molecular complexity index is 700. The summed E-state index contributed by atoms with van der Waals surface area (Å²) in [6.45, 7) is 0.753. The highest BCUT2D eigenvalue weighted by molar-refractivity contribution is 7.10. The van der Waals surface area contributed by atoms with Crippen LogP contribution in [0.2, 0.25) is 0 Å². The standard InChI is InChI=1S/C17H19N3O2S/c1-20-9-8-15(17(20)22)18-13-6-2-3-7-14(13)19-16(21)11-12-5-4-10-23-12/h2-7,10,15,18H,8-9,11H2,1H3,(H,19,21)/t15-/m1/s1. The van der Waals surface area contributed by atoms with E-state index in [4.69, 9.17) is 0 Å². The van der Waals surface area contributed by atoms with Gasteiger partial charge in [0.25, 0.3) is 0 Å². The number of nitrogens with zero attached hydrogens (tertiary/aromatic N) is 1. The van der Waals surface area contributed by atoms with Crippen LogP contribution in [0.25, 0.3) is 0 Å². The van der Waals surface area contributed by atoms with Crippen LogP contribution in [0.1, 0.15) is 11.3 Å². The lowest BCUT2D eigenvalue weighted by Crippen LogP contribution is -2.31. The molecule has 1 aromatic heterocycles. The van der Waals surface area contributed by atoms with Gasteiger partial charge in [-0.05, 0) is 30.0 Å². The van der Waals surface area contributed by atoms with Crippen LogP contribution in [0.3, 0.4) is 0 Å². The van der Waals surface area contributed by atoms with Crippen molar-refractivity contribution in [2.75, 3.05) is 24.2 Å². The molecule has 5 nitrogen and oxygen atoms in total. The molecule has 1 fully saturated rings. The van der Waals surface area contributed by atoms with Gasteiger partial charge in [0, 0.05) is 18.5 Å². The van der Waals surface area contributed by atoms with Crippen LogP contribution in [0.4, 0.5) is 11.4 Å². The number of likely N-dealkylation sites (tertiary alicyclic amines) is 1. The zero-order chi connectivity index (χ0) is 16.2. The third-order valence-corrected chi connectivity index (χ3v) is 4.75. The monoisotopic (exact) mass is 329 g/mol. The van der Waals surface area contributed by atoms with E-state index >= 15 is 0 Å². The summed E-state index contributed by atoms with van der Waals surface area (Å²) in [6.07, 6.45) is 1.13. The van der Waals surface area contributed by atoms with Crippen molar-refractivity contribution in [2.24, 2.45) is 0 Å². The first-order chi connectivity index (χ1) is 11.1. The predicted molar refractivity (Wildman–Crippen MR) is 92.8 cm³/mol. The Morgan fingerprint density at radius 1 is 1.26 bits per heavy atom. The van der Waals surface area contributed by atoms with Gasteiger partial charge in [-0.15, -0.1) is 11.3 Å². The van der Waals surface area contributed by atoms with E-state index in [1.54, 1.807) is 23.3 Å². The molecule has 2 N–H and O–H groups in total. The SMILES string of the molecule is CN1CC[C@@H](Nc2ccccc2NC(=O)Cc2cccs2)C1=O. The summed E-state index contributed by atoms with van der Waals surface area (Å²) < 4.78 is 0. The first-order valence-corrected chi connectivity index (χ1v) is 8.44. The van der Waals surface area contributed by atoms with Crippen LogP contribution in [0.5, 0.6) is 0 Å². The summed E-state index contributed by atoms with van der Waals surface area (Å²) in [4.78, 5) is 27.0. The van der Waals surface area contributed by atoms with E-state index in [1.807, 2.05) is 41.8 Å². The molecule has 0 aliphatic carbocycles. The number of amides is 2. The maximum absolute atomic E-state index is 12.2. The van der Waals surface area contributed by atoms with Gasteiger partial charge in [0.05, 0.1) is 17.8 Å². The zero-order valence-electron chi connectivity index (χ0n) is 12.9. The maximum atomic E-state index is 12.2. The van der Waals surface area contributed by atoms with Crippen LogP contribution >= 0.6 is 11.3 Å². The molecule has 2 amide bonds. The second-order valence-electron chi connectivity index (χ2n) is 5.60. The molecule has 0 unspecified atom stereocenters. The fraction of sp³-hybridized carbons (Fsp3) is 0.294. The molecule has 1 aromatic carbocycles. The molecular formula is C17H19N3O2S. The smallest absolute Gasteiger partial charge is 0.244 e. The van der Waals surface area contributed by atoms with Crippen LogP contribution in [-0.2, 0) is 16.0 Å². The van der Waals surface area contributed by atoms with Crippen LogP contribution in [0.15, 0.2) is 41.8 Å². The first-order valence-electron chi connectivity index (χ1n) is 7.56. The normalized spacial score (nSPS) is 17.3. The van der Waals surface area contributed by atoms with Crippen molar-refractivity contribution in [1.29, 1.82) is 0 Å². The second-order valence-corrected chi connectivity index (χ2v) is 6.63. The molecule has 1 atom stereocenters. The van der Waals surface area contributed by atoms with Gasteiger partial charge in [0.2, 0.25) is 11.8 Å². The number of benzene rings is 1. The van der Waals surface area contributed by atoms with Crippen LogP contribution in [-0.4, -0.2) is 36.3 Å². The zero-order valence-corrected chi connectivity index (χ0v) is 13.7. The second kappa shape index (κ2) is 6.83. The van der Waals surface area contributed by atoms with Crippen LogP contribution < -0.4 is 10.6 Å². The molecule has 0 saturated carbocycles. The highest BCUT2D eigenvalue weighted by Gasteiger charge is 2.29. The fourth-order valence-corrected chi connectivity index (χ4v) is 3.33. The largest absolute Gasteiger partial charge is 0.372 e. The molecular weight excluding hydrogens is 310 g/mol. The Labute approximate surface area is 139 Å². The van der Waals surface area contributed by atoms with Gasteiger partial charge < -0.3 is 15.5 Å². The van der Waals surface area contributed by atoms with E-state index in [0.29, 0.717) is 12.1 Å². The van der Waals surface area contributed by atoms with Crippen LogP contribution in [0, 0.1) is 0 Å². The molecule has 2 aromatic rings. The van der Waals surface area contributed by atoms with E-state index in [-0.39, 0.29) is 17.9 Å². The number of likely N-dealkylation sites (N-methyl/N-ethyl adjacent to an activating group) is 1. The van der Waals surface area contributed by atoms with Gasteiger partial charge in [0.15, 0.2) is 0 Å². The summed E-state index contributed by atoms with van der Waals surface area (Å²) in [7, 11) is 1.80. The molecule has 1 saturated heterocycles. The number of hydrogen-bond donors (Lipinski definition) is 2. The van der Waals surface area contributed by atoms with Gasteiger partial charge in [-0.3, -0.25) is 9.59 Å². The number of hydrogen-bond acceptors (Lipinski definition) is 4. The Morgan fingerprint density at radius 3 is 2.70 bits per heavy atom. The van der Waals surface area contributed by atoms with E-state index in [0.717, 1.165) is 23.5 Å². The average molecular weight is 329 g/mol. The number of anilines is 2. The van der Waals surface area contributed by atoms with E-state index in [2.05, 4.69) is 10.6 Å². The number of nitrogens with one attached hydrogen (secondary N) is 2. The molecule has 0 radical (unpaired) electrons. The molecule has 0 bridgehead atoms. The minimum absolute atomic E-state index is 0.0587. The van der Waals surface area contributed by atoms with Crippen molar-refractivity contribution >= 4 is 34.5 Å². The minimum atomic E-state index is -0.227. The number of rotatable bonds is 5. The van der Waals surface area contributed by atoms with Gasteiger partial charge in [-0.2, -0.15) is 0 Å². The van der Waals surface area contributed by atoms with Gasteiger partial charge in [-0.1, -0.05) is 18.2 Å². The van der Waals surface area contributed by atoms with Crippen molar-refractivity contribution in [3.63, 3.8) is 0 Å². The third kappa shape index (κ3) is 3.71. The summed E-state index contributed by atoms with van der Waals surface area (Å²) in [6, 6.07) is 11.1. The van der Waals surface area contributed by atoms with Crippen molar-refractivity contribution in [1.82, 2.24) is 4.90 Å². The Kier molecular flexibility index (Phi) is 4.62. The molecule has 1 aliphatic rings. The van der Waals surface area contributed by atoms with Gasteiger partial charge >= 0.3 is 0 Å². The van der Waals surface area contributed by atoms with E-state index < -0.39 is 0 Å². The van der Waals surface area contributed by atoms with Gasteiger partial charge in [0.1, 0.15) is 6.04 Å². The third-order valence-electron chi connectivity index (χ3n) is 3.87. The summed E-state index contributed by atoms with van der Waals surface area (Å²) in [5.41, 5.74) is 1.48. The van der Waals surface area contributed by atoms with Crippen molar-refractivity contribution < 1.29 is 9.59 Å². The molecule has 2 heterocycles. The fourth-order valence-electron chi connectivity index (χ4n) is 2.63. The summed E-state index contributed by atoms with van der Waals surface area (Å²) in [5.74, 6) is 0.0290. The van der Waals surface area contributed by atoms with Gasteiger partial charge in [-0.25, -0.2) is 0 Å². The highest BCUT2D eigenvalue weighted by Crippen LogP contribution is 2.24. The van der Waals surface area contributed by atoms with Crippen molar-refractivity contribution in [3.05, 3.63) is 46.7 Å². The first kappa shape index (κ1) is 15.6. The lowest BCUT2D eigenvalue weighted by Gasteiger charge is -2.17. The molecule has 23 heavy (non-hydrogen) atoms. The highest BCUT2D eigenvalue weighted by atomic mass is 32.1. The number of carbonyl (C=O) groups is 2. The minimum Gasteiger partial charge on any atom is -0.372 e. The lowest BCUT2D eigenvalue weighted by atomic mass is 10.2. The maximum Gasteiger partial charge on any atom is 0.244 e. The number of thiophene rings is 1. The van der Waals surface area contributed by atoms with E-state index in [9.17, 15) is 9.59 Å².